The van der Waals surface area contributed by atoms with Gasteiger partial charge in [-0.15, -0.1) is 0 Å². The predicted octanol–water partition coefficient (Wildman–Crippen LogP) is 1.17. The summed E-state index contributed by atoms with van der Waals surface area (Å²) >= 11 is 0. The topological polar surface area (TPSA) is 100 Å². The Morgan fingerprint density at radius 1 is 1.60 bits per heavy atom. The molecule has 0 aliphatic carbocycles. The lowest BCUT2D eigenvalue weighted by Crippen LogP contribution is -1.87. The van der Waals surface area contributed by atoms with Gasteiger partial charge in [-0.25, -0.2) is 0 Å². The molecule has 2 N–H and O–H groups in total. The lowest BCUT2D eigenvalue weighted by molar-refractivity contribution is -0.401. The molecule has 2 rings (SSSR count). The van der Waals surface area contributed by atoms with Crippen LogP contribution in [-0.2, 0) is 7.05 Å². The maximum Gasteiger partial charge on any atom is 0.433 e. The number of anilines is 1. The Kier molecular flexibility index (Phi) is 1.93. The van der Waals surface area contributed by atoms with Gasteiger partial charge in [0, 0.05) is 13.2 Å². The van der Waals surface area contributed by atoms with Gasteiger partial charge in [0.25, 0.3) is 0 Å². The molecule has 0 amide bonds. The third-order valence-electron chi connectivity index (χ3n) is 1.86. The first-order chi connectivity index (χ1) is 7.08. The first kappa shape index (κ1) is 9.25. The summed E-state index contributed by atoms with van der Waals surface area (Å²) in [4.78, 5) is 9.78. The van der Waals surface area contributed by atoms with Gasteiger partial charge in [0.15, 0.2) is 11.5 Å². The minimum Gasteiger partial charge on any atom is -0.399 e. The summed E-state index contributed by atoms with van der Waals surface area (Å²) in [6, 6.07) is 2.74. The molecular weight excluding hydrogens is 200 g/mol. The van der Waals surface area contributed by atoms with E-state index in [-0.39, 0.29) is 5.88 Å². The normalized spacial score (nSPS) is 10.5. The molecule has 0 saturated heterocycles. The van der Waals surface area contributed by atoms with Crippen LogP contribution in [0.4, 0.5) is 11.6 Å². The molecule has 2 aromatic heterocycles. The van der Waals surface area contributed by atoms with Crippen molar-refractivity contribution in [2.75, 3.05) is 5.73 Å². The molecular formula is C8H8N4O3. The van der Waals surface area contributed by atoms with Gasteiger partial charge in [-0.1, -0.05) is 0 Å². The second-order valence-electron chi connectivity index (χ2n) is 3.00. The lowest BCUT2D eigenvalue weighted by Gasteiger charge is -1.90. The highest BCUT2D eigenvalue weighted by Gasteiger charge is 2.16. The van der Waals surface area contributed by atoms with E-state index in [0.717, 1.165) is 0 Å². The number of nitrogens with zero attached hydrogens (tertiary/aromatic N) is 3. The summed E-state index contributed by atoms with van der Waals surface area (Å²) in [6.45, 7) is 0. The Hall–Kier alpha value is -2.31. The van der Waals surface area contributed by atoms with Gasteiger partial charge in [-0.05, 0) is 6.07 Å². The summed E-state index contributed by atoms with van der Waals surface area (Å²) in [7, 11) is 1.71. The third kappa shape index (κ3) is 1.54. The largest absolute Gasteiger partial charge is 0.433 e. The van der Waals surface area contributed by atoms with Crippen molar-refractivity contribution in [2.24, 2.45) is 7.05 Å². The van der Waals surface area contributed by atoms with Crippen molar-refractivity contribution in [1.82, 2.24) is 9.78 Å². The molecule has 0 fully saturated rings. The molecule has 0 spiro atoms. The fourth-order valence-corrected chi connectivity index (χ4v) is 1.25. The van der Waals surface area contributed by atoms with Gasteiger partial charge in [0.05, 0.1) is 11.8 Å². The minimum absolute atomic E-state index is 0.291. The number of nitrogen functional groups attached to an aromatic ring is 1. The quantitative estimate of drug-likeness (QED) is 0.589. The fourth-order valence-electron chi connectivity index (χ4n) is 1.25. The summed E-state index contributed by atoms with van der Waals surface area (Å²) < 4.78 is 6.48. The summed E-state index contributed by atoms with van der Waals surface area (Å²) in [6.07, 6.45) is 1.60. The maximum absolute atomic E-state index is 10.4. The summed E-state index contributed by atoms with van der Waals surface area (Å²) in [5, 5.41) is 14.4. The molecule has 0 saturated carbocycles. The second kappa shape index (κ2) is 3.12. The molecule has 0 aromatic carbocycles. The molecule has 7 heteroatoms. The van der Waals surface area contributed by atoms with E-state index in [1.807, 2.05) is 0 Å². The van der Waals surface area contributed by atoms with E-state index >= 15 is 0 Å². The average molecular weight is 208 g/mol. The van der Waals surface area contributed by atoms with Crippen molar-refractivity contribution in [2.45, 2.75) is 0 Å². The number of nitro groups is 1. The third-order valence-corrected chi connectivity index (χ3v) is 1.86. The predicted molar refractivity (Wildman–Crippen MR) is 52.0 cm³/mol. The zero-order valence-electron chi connectivity index (χ0n) is 7.88. The molecule has 0 bridgehead atoms. The maximum atomic E-state index is 10.4. The zero-order valence-corrected chi connectivity index (χ0v) is 7.88. The number of nitrogens with two attached hydrogens (primary N) is 1. The summed E-state index contributed by atoms with van der Waals surface area (Å²) in [5.74, 6) is -0.0325. The molecule has 7 nitrogen and oxygen atoms in total. The Labute approximate surface area is 84.2 Å². The van der Waals surface area contributed by atoms with Crippen molar-refractivity contribution in [3.05, 3.63) is 28.4 Å². The van der Waals surface area contributed by atoms with Crippen molar-refractivity contribution < 1.29 is 9.34 Å². The highest BCUT2D eigenvalue weighted by molar-refractivity contribution is 5.68. The van der Waals surface area contributed by atoms with Crippen molar-refractivity contribution in [3.8, 4) is 11.5 Å². The Morgan fingerprint density at radius 3 is 2.80 bits per heavy atom. The first-order valence-electron chi connectivity index (χ1n) is 4.11. The van der Waals surface area contributed by atoms with E-state index in [1.165, 1.54) is 16.8 Å². The number of rotatable bonds is 2. The monoisotopic (exact) mass is 208 g/mol. The van der Waals surface area contributed by atoms with Gasteiger partial charge in [0.1, 0.15) is 4.92 Å². The second-order valence-corrected chi connectivity index (χ2v) is 3.00. The highest BCUT2D eigenvalue weighted by atomic mass is 16.6. The van der Waals surface area contributed by atoms with E-state index in [0.29, 0.717) is 17.1 Å². The van der Waals surface area contributed by atoms with E-state index < -0.39 is 4.92 Å². The smallest absolute Gasteiger partial charge is 0.399 e. The van der Waals surface area contributed by atoms with Crippen LogP contribution in [0.1, 0.15) is 0 Å². The van der Waals surface area contributed by atoms with E-state index in [2.05, 4.69) is 5.10 Å². The molecule has 78 valence electrons. The van der Waals surface area contributed by atoms with Gasteiger partial charge in [-0.3, -0.25) is 14.8 Å². The number of aryl methyl sites for hydroxylation is 1. The van der Waals surface area contributed by atoms with Crippen LogP contribution in [0.2, 0.25) is 0 Å². The SMILES string of the molecule is Cn1cc(N)c(-c2ccc([N+](=O)[O-])o2)n1. The van der Waals surface area contributed by atoms with Crippen LogP contribution in [0.5, 0.6) is 0 Å². The lowest BCUT2D eigenvalue weighted by atomic mass is 10.3. The van der Waals surface area contributed by atoms with E-state index in [4.69, 9.17) is 10.2 Å². The van der Waals surface area contributed by atoms with Gasteiger partial charge in [-0.2, -0.15) is 5.10 Å². The zero-order chi connectivity index (χ0) is 11.0. The van der Waals surface area contributed by atoms with Crippen LogP contribution < -0.4 is 5.73 Å². The van der Waals surface area contributed by atoms with Crippen LogP contribution in [0.15, 0.2) is 22.7 Å². The number of furan rings is 1. The van der Waals surface area contributed by atoms with Crippen LogP contribution in [0.3, 0.4) is 0 Å². The summed E-state index contributed by atoms with van der Waals surface area (Å²) in [5.41, 5.74) is 6.47. The molecule has 0 aliphatic heterocycles. The number of aromatic nitrogens is 2. The number of hydrogen-bond acceptors (Lipinski definition) is 5. The minimum atomic E-state index is -0.609. The van der Waals surface area contributed by atoms with E-state index in [1.54, 1.807) is 13.2 Å². The Bertz CT molecular complexity index is 514. The van der Waals surface area contributed by atoms with Crippen LogP contribution in [-0.4, -0.2) is 14.7 Å². The van der Waals surface area contributed by atoms with Crippen molar-refractivity contribution in [3.63, 3.8) is 0 Å². The molecule has 0 unspecified atom stereocenters. The standard InChI is InChI=1S/C8H8N4O3/c1-11-4-5(9)8(10-11)6-2-3-7(15-6)12(13)14/h2-4H,9H2,1H3. The first-order valence-corrected chi connectivity index (χ1v) is 4.11. The van der Waals surface area contributed by atoms with Crippen molar-refractivity contribution >= 4 is 11.6 Å². The van der Waals surface area contributed by atoms with Crippen LogP contribution in [0, 0.1) is 10.1 Å². The molecule has 2 aromatic rings. The van der Waals surface area contributed by atoms with Crippen LogP contribution >= 0.6 is 0 Å². The molecule has 15 heavy (non-hydrogen) atoms. The van der Waals surface area contributed by atoms with Crippen molar-refractivity contribution in [1.29, 1.82) is 0 Å². The van der Waals surface area contributed by atoms with Gasteiger partial charge < -0.3 is 10.2 Å². The van der Waals surface area contributed by atoms with Gasteiger partial charge >= 0.3 is 5.88 Å². The molecule has 0 radical (unpaired) electrons. The Morgan fingerprint density at radius 2 is 2.33 bits per heavy atom. The fraction of sp³-hybridized carbons (Fsp3) is 0.125. The Balaban J connectivity index is 2.45. The molecule has 0 aliphatic rings. The van der Waals surface area contributed by atoms with Gasteiger partial charge in [0.2, 0.25) is 0 Å². The van der Waals surface area contributed by atoms with E-state index in [9.17, 15) is 10.1 Å². The molecule has 0 atom stereocenters. The van der Waals surface area contributed by atoms with Crippen LogP contribution in [0.25, 0.3) is 11.5 Å². The number of hydrogen-bond donors (Lipinski definition) is 1. The highest BCUT2D eigenvalue weighted by Crippen LogP contribution is 2.28. The molecule has 2 heterocycles. The average Bonchev–Trinajstić information content (AvgIpc) is 2.71.